The molecular formula is C15H29N5O5. The summed E-state index contributed by atoms with van der Waals surface area (Å²) >= 11 is 0. The first-order valence-corrected chi connectivity index (χ1v) is 8.48. The zero-order valence-electron chi connectivity index (χ0n) is 14.5. The number of carbonyl (C=O) groups excluding carboxylic acids is 1. The van der Waals surface area contributed by atoms with Gasteiger partial charge in [-0.15, -0.1) is 0 Å². The number of hydrogen-bond donors (Lipinski definition) is 4. The molecule has 0 saturated carbocycles. The van der Waals surface area contributed by atoms with E-state index in [2.05, 4.69) is 5.32 Å². The largest absolute Gasteiger partial charge is 0.480 e. The highest BCUT2D eigenvalue weighted by Crippen LogP contribution is 2.01. The van der Waals surface area contributed by atoms with E-state index in [-0.39, 0.29) is 25.5 Å². The molecule has 10 nitrogen and oxygen atoms in total. The van der Waals surface area contributed by atoms with Crippen molar-refractivity contribution in [1.29, 1.82) is 0 Å². The maximum Gasteiger partial charge on any atom is 0.317 e. The summed E-state index contributed by atoms with van der Waals surface area (Å²) in [4.78, 5) is 39.4. The normalized spacial score (nSPS) is 18.1. The van der Waals surface area contributed by atoms with Gasteiger partial charge in [0, 0.05) is 45.8 Å². The number of carboxylic acid groups (broad SMARTS) is 2. The molecule has 1 fully saturated rings. The third-order valence-electron chi connectivity index (χ3n) is 3.99. The molecule has 1 amide bonds. The quantitative estimate of drug-likeness (QED) is 0.330. The number of nitrogens with one attached hydrogen (secondary N) is 1. The summed E-state index contributed by atoms with van der Waals surface area (Å²) in [5, 5.41) is 20.8. The van der Waals surface area contributed by atoms with Gasteiger partial charge in [0.25, 0.3) is 0 Å². The van der Waals surface area contributed by atoms with Crippen molar-refractivity contribution in [2.75, 3.05) is 72.0 Å². The van der Waals surface area contributed by atoms with Gasteiger partial charge in [0.1, 0.15) is 0 Å². The lowest BCUT2D eigenvalue weighted by atomic mass is 10.3. The van der Waals surface area contributed by atoms with Gasteiger partial charge < -0.3 is 21.3 Å². The van der Waals surface area contributed by atoms with Crippen molar-refractivity contribution in [2.45, 2.75) is 6.42 Å². The SMILES string of the molecule is NCCCNC(=O)CN1CCN(CC(=O)O)CCN(CC(=O)O)CC1. The Hall–Kier alpha value is -1.75. The van der Waals surface area contributed by atoms with Gasteiger partial charge in [-0.05, 0) is 13.0 Å². The van der Waals surface area contributed by atoms with Crippen molar-refractivity contribution in [3.8, 4) is 0 Å². The Kier molecular flexibility index (Phi) is 10.0. The molecule has 0 spiro atoms. The van der Waals surface area contributed by atoms with Crippen LogP contribution in [0.3, 0.4) is 0 Å². The summed E-state index contributed by atoms with van der Waals surface area (Å²) in [6.45, 7) is 4.15. The van der Waals surface area contributed by atoms with Crippen molar-refractivity contribution in [3.05, 3.63) is 0 Å². The predicted octanol–water partition coefficient (Wildman–Crippen LogP) is -2.46. The third kappa shape index (κ3) is 9.97. The highest BCUT2D eigenvalue weighted by molar-refractivity contribution is 5.78. The molecule has 0 aliphatic carbocycles. The number of nitrogens with zero attached hydrogens (tertiary/aromatic N) is 3. The minimum atomic E-state index is -0.921. The van der Waals surface area contributed by atoms with E-state index in [0.29, 0.717) is 58.8 Å². The average Bonchev–Trinajstić information content (AvgIpc) is 2.60. The van der Waals surface area contributed by atoms with Crippen molar-refractivity contribution < 1.29 is 24.6 Å². The van der Waals surface area contributed by atoms with Crippen molar-refractivity contribution >= 4 is 17.8 Å². The van der Waals surface area contributed by atoms with E-state index < -0.39 is 11.9 Å². The van der Waals surface area contributed by atoms with Crippen LogP contribution in [-0.2, 0) is 14.4 Å². The van der Waals surface area contributed by atoms with Crippen LogP contribution in [0, 0.1) is 0 Å². The maximum atomic E-state index is 12.0. The summed E-state index contributed by atoms with van der Waals surface area (Å²) < 4.78 is 0. The number of nitrogens with two attached hydrogens (primary N) is 1. The molecule has 1 saturated heterocycles. The summed E-state index contributed by atoms with van der Waals surface area (Å²) in [6.07, 6.45) is 0.713. The molecule has 25 heavy (non-hydrogen) atoms. The molecule has 1 heterocycles. The fourth-order valence-electron chi connectivity index (χ4n) is 2.63. The Labute approximate surface area is 147 Å². The fourth-order valence-corrected chi connectivity index (χ4v) is 2.63. The van der Waals surface area contributed by atoms with Crippen molar-refractivity contribution in [1.82, 2.24) is 20.0 Å². The van der Waals surface area contributed by atoms with Gasteiger partial charge in [-0.2, -0.15) is 0 Å². The van der Waals surface area contributed by atoms with Gasteiger partial charge in [-0.25, -0.2) is 0 Å². The van der Waals surface area contributed by atoms with E-state index in [4.69, 9.17) is 15.9 Å². The lowest BCUT2D eigenvalue weighted by molar-refractivity contribution is -0.140. The van der Waals surface area contributed by atoms with Crippen LogP contribution in [0.2, 0.25) is 0 Å². The molecule has 0 aromatic carbocycles. The lowest BCUT2D eigenvalue weighted by Crippen LogP contribution is -2.43. The molecule has 1 aliphatic heterocycles. The number of rotatable bonds is 9. The molecule has 0 aromatic heterocycles. The summed E-state index contributed by atoms with van der Waals surface area (Å²) in [5.74, 6) is -1.95. The number of aliphatic carboxylic acids is 2. The minimum Gasteiger partial charge on any atom is -0.480 e. The van der Waals surface area contributed by atoms with E-state index in [9.17, 15) is 14.4 Å². The van der Waals surface area contributed by atoms with Gasteiger partial charge in [-0.3, -0.25) is 29.1 Å². The van der Waals surface area contributed by atoms with Gasteiger partial charge in [0.2, 0.25) is 5.91 Å². The average molecular weight is 359 g/mol. The first-order valence-electron chi connectivity index (χ1n) is 8.48. The fraction of sp³-hybridized carbons (Fsp3) is 0.800. The number of hydrogen-bond acceptors (Lipinski definition) is 7. The summed E-state index contributed by atoms with van der Waals surface area (Å²) in [5.41, 5.74) is 5.40. The zero-order chi connectivity index (χ0) is 18.7. The molecular weight excluding hydrogens is 330 g/mol. The molecule has 0 bridgehead atoms. The third-order valence-corrected chi connectivity index (χ3v) is 3.99. The maximum absolute atomic E-state index is 12.0. The number of carboxylic acids is 2. The predicted molar refractivity (Wildman–Crippen MR) is 91.3 cm³/mol. The number of amides is 1. The summed E-state index contributed by atoms with van der Waals surface area (Å²) in [6, 6.07) is 0. The molecule has 0 atom stereocenters. The molecule has 10 heteroatoms. The Morgan fingerprint density at radius 1 is 0.800 bits per heavy atom. The first-order chi connectivity index (χ1) is 11.9. The second kappa shape index (κ2) is 11.7. The minimum absolute atomic E-state index is 0.0998. The molecule has 144 valence electrons. The molecule has 0 unspecified atom stereocenters. The van der Waals surface area contributed by atoms with Crippen LogP contribution in [0.15, 0.2) is 0 Å². The second-order valence-corrected chi connectivity index (χ2v) is 6.11. The van der Waals surface area contributed by atoms with Gasteiger partial charge in [0.15, 0.2) is 0 Å². The summed E-state index contributed by atoms with van der Waals surface area (Å²) in [7, 11) is 0. The number of carbonyl (C=O) groups is 3. The molecule has 5 N–H and O–H groups in total. The van der Waals surface area contributed by atoms with Crippen LogP contribution in [-0.4, -0.2) is 115 Å². The first kappa shape index (κ1) is 21.3. The molecule has 0 radical (unpaired) electrons. The second-order valence-electron chi connectivity index (χ2n) is 6.11. The highest BCUT2D eigenvalue weighted by atomic mass is 16.4. The van der Waals surface area contributed by atoms with Crippen LogP contribution >= 0.6 is 0 Å². The van der Waals surface area contributed by atoms with E-state index in [1.807, 2.05) is 4.90 Å². The lowest BCUT2D eigenvalue weighted by Gasteiger charge is -2.24. The van der Waals surface area contributed by atoms with Crippen molar-refractivity contribution in [2.24, 2.45) is 5.73 Å². The van der Waals surface area contributed by atoms with Gasteiger partial charge >= 0.3 is 11.9 Å². The van der Waals surface area contributed by atoms with Gasteiger partial charge in [0.05, 0.1) is 19.6 Å². The van der Waals surface area contributed by atoms with Crippen molar-refractivity contribution in [3.63, 3.8) is 0 Å². The van der Waals surface area contributed by atoms with Crippen LogP contribution in [0.4, 0.5) is 0 Å². The van der Waals surface area contributed by atoms with Crippen LogP contribution in [0.5, 0.6) is 0 Å². The standard InChI is InChI=1S/C15H29N5O5/c16-2-1-3-17-13(21)10-18-4-6-19(11-14(22)23)8-9-20(7-5-18)12-15(24)25/h1-12,16H2,(H,17,21)(H,22,23)(H,24,25). The van der Waals surface area contributed by atoms with Crippen LogP contribution in [0.25, 0.3) is 0 Å². The molecule has 1 aliphatic rings. The Morgan fingerprint density at radius 3 is 1.56 bits per heavy atom. The van der Waals surface area contributed by atoms with Crippen LogP contribution < -0.4 is 11.1 Å². The monoisotopic (exact) mass is 359 g/mol. The molecule has 0 aromatic rings. The zero-order valence-corrected chi connectivity index (χ0v) is 14.5. The Morgan fingerprint density at radius 2 is 1.20 bits per heavy atom. The van der Waals surface area contributed by atoms with E-state index in [1.54, 1.807) is 9.80 Å². The van der Waals surface area contributed by atoms with E-state index >= 15 is 0 Å². The Bertz CT molecular complexity index is 420. The van der Waals surface area contributed by atoms with Gasteiger partial charge in [-0.1, -0.05) is 0 Å². The topological polar surface area (TPSA) is 139 Å². The Balaban J connectivity index is 2.62. The van der Waals surface area contributed by atoms with E-state index in [0.717, 1.165) is 0 Å². The van der Waals surface area contributed by atoms with Crippen LogP contribution in [0.1, 0.15) is 6.42 Å². The highest BCUT2D eigenvalue weighted by Gasteiger charge is 2.20. The smallest absolute Gasteiger partial charge is 0.317 e. The van der Waals surface area contributed by atoms with E-state index in [1.165, 1.54) is 0 Å². The molecule has 1 rings (SSSR count).